The topological polar surface area (TPSA) is 71.3 Å². The van der Waals surface area contributed by atoms with Crippen molar-refractivity contribution in [3.05, 3.63) is 59.2 Å². The number of nitrogens with one attached hydrogen (secondary N) is 1. The number of ether oxygens (including phenoxy) is 2. The van der Waals surface area contributed by atoms with Gasteiger partial charge >= 0.3 is 0 Å². The Hall–Kier alpha value is -3.26. The number of nitriles is 1. The Kier molecular flexibility index (Phi) is 6.81. The first-order valence-corrected chi connectivity index (χ1v) is 8.38. The van der Waals surface area contributed by atoms with Crippen LogP contribution < -0.4 is 14.8 Å². The number of anilines is 1. The molecule has 26 heavy (non-hydrogen) atoms. The summed E-state index contributed by atoms with van der Waals surface area (Å²) in [6.07, 6.45) is 2.37. The standard InChI is InChI=1S/C21H22N2O3/c1-4-11-26-20-13-19(25-3)10-7-16(20)12-17(14-22)21(24)23-18-8-5-15(2)6-9-18/h5-10,12-13H,4,11H2,1-3H3,(H,23,24)/b17-12+. The van der Waals surface area contributed by atoms with Crippen LogP contribution in [0.4, 0.5) is 5.69 Å². The van der Waals surface area contributed by atoms with E-state index in [-0.39, 0.29) is 5.57 Å². The number of nitrogens with zero attached hydrogens (tertiary/aromatic N) is 1. The molecule has 1 N–H and O–H groups in total. The maximum atomic E-state index is 12.4. The molecule has 5 nitrogen and oxygen atoms in total. The van der Waals surface area contributed by atoms with Crippen LogP contribution in [0, 0.1) is 18.3 Å². The third-order valence-corrected chi connectivity index (χ3v) is 3.66. The molecule has 0 radical (unpaired) electrons. The van der Waals surface area contributed by atoms with E-state index in [0.29, 0.717) is 29.4 Å². The highest BCUT2D eigenvalue weighted by molar-refractivity contribution is 6.09. The first-order chi connectivity index (χ1) is 12.6. The maximum absolute atomic E-state index is 12.4. The monoisotopic (exact) mass is 350 g/mol. The Morgan fingerprint density at radius 3 is 2.58 bits per heavy atom. The number of amides is 1. The molecule has 2 aromatic carbocycles. The van der Waals surface area contributed by atoms with E-state index >= 15 is 0 Å². The van der Waals surface area contributed by atoms with Crippen LogP contribution in [0.2, 0.25) is 0 Å². The number of carbonyl (C=O) groups is 1. The van der Waals surface area contributed by atoms with Gasteiger partial charge in [0.05, 0.1) is 13.7 Å². The van der Waals surface area contributed by atoms with Gasteiger partial charge in [-0.05, 0) is 43.7 Å². The predicted molar refractivity (Wildman–Crippen MR) is 102 cm³/mol. The van der Waals surface area contributed by atoms with Gasteiger partial charge in [0.15, 0.2) is 0 Å². The quantitative estimate of drug-likeness (QED) is 0.596. The average molecular weight is 350 g/mol. The first-order valence-electron chi connectivity index (χ1n) is 8.38. The number of aryl methyl sites for hydroxylation is 1. The van der Waals surface area contributed by atoms with Crippen molar-refractivity contribution in [3.8, 4) is 17.6 Å². The van der Waals surface area contributed by atoms with E-state index in [2.05, 4.69) is 5.32 Å². The molecule has 0 fully saturated rings. The molecule has 0 bridgehead atoms. The van der Waals surface area contributed by atoms with Crippen LogP contribution in [-0.4, -0.2) is 19.6 Å². The van der Waals surface area contributed by atoms with Gasteiger partial charge in [-0.1, -0.05) is 24.6 Å². The minimum Gasteiger partial charge on any atom is -0.497 e. The highest BCUT2D eigenvalue weighted by atomic mass is 16.5. The van der Waals surface area contributed by atoms with Gasteiger partial charge in [0.2, 0.25) is 0 Å². The minimum atomic E-state index is -0.464. The van der Waals surface area contributed by atoms with E-state index < -0.39 is 5.91 Å². The number of hydrogen-bond donors (Lipinski definition) is 1. The molecule has 0 saturated carbocycles. The second kappa shape index (κ2) is 9.28. The third-order valence-electron chi connectivity index (χ3n) is 3.66. The molecule has 0 aliphatic heterocycles. The first kappa shape index (κ1) is 19.1. The lowest BCUT2D eigenvalue weighted by Crippen LogP contribution is -2.13. The Morgan fingerprint density at radius 1 is 1.23 bits per heavy atom. The molecule has 0 heterocycles. The lowest BCUT2D eigenvalue weighted by atomic mass is 10.1. The van der Waals surface area contributed by atoms with Crippen molar-refractivity contribution in [2.75, 3.05) is 19.0 Å². The van der Waals surface area contributed by atoms with E-state index in [1.807, 2.05) is 32.0 Å². The zero-order valence-electron chi connectivity index (χ0n) is 15.2. The Balaban J connectivity index is 2.27. The third kappa shape index (κ3) is 5.12. The van der Waals surface area contributed by atoms with Crippen LogP contribution >= 0.6 is 0 Å². The van der Waals surface area contributed by atoms with Gasteiger partial charge in [-0.25, -0.2) is 0 Å². The van der Waals surface area contributed by atoms with Gasteiger partial charge in [0.1, 0.15) is 23.1 Å². The maximum Gasteiger partial charge on any atom is 0.266 e. The molecule has 0 aliphatic carbocycles. The second-order valence-electron chi connectivity index (χ2n) is 5.74. The fourth-order valence-electron chi connectivity index (χ4n) is 2.24. The molecule has 0 saturated heterocycles. The van der Waals surface area contributed by atoms with Crippen molar-refractivity contribution in [1.29, 1.82) is 5.26 Å². The lowest BCUT2D eigenvalue weighted by molar-refractivity contribution is -0.112. The van der Waals surface area contributed by atoms with E-state index in [0.717, 1.165) is 12.0 Å². The van der Waals surface area contributed by atoms with Crippen molar-refractivity contribution in [2.24, 2.45) is 0 Å². The minimum absolute atomic E-state index is 0.00269. The molecule has 0 spiro atoms. The van der Waals surface area contributed by atoms with Gasteiger partial charge in [-0.3, -0.25) is 4.79 Å². The molecule has 0 aromatic heterocycles. The van der Waals surface area contributed by atoms with Crippen molar-refractivity contribution in [1.82, 2.24) is 0 Å². The van der Waals surface area contributed by atoms with Crippen LogP contribution in [0.25, 0.3) is 6.08 Å². The van der Waals surface area contributed by atoms with Crippen molar-refractivity contribution in [2.45, 2.75) is 20.3 Å². The van der Waals surface area contributed by atoms with E-state index in [9.17, 15) is 10.1 Å². The molecule has 0 atom stereocenters. The summed E-state index contributed by atoms with van der Waals surface area (Å²) in [5, 5.41) is 12.1. The van der Waals surface area contributed by atoms with Crippen LogP contribution in [0.3, 0.4) is 0 Å². The average Bonchev–Trinajstić information content (AvgIpc) is 2.66. The summed E-state index contributed by atoms with van der Waals surface area (Å²) >= 11 is 0. The summed E-state index contributed by atoms with van der Waals surface area (Å²) in [5.74, 6) is 0.756. The highest BCUT2D eigenvalue weighted by Crippen LogP contribution is 2.27. The molecule has 0 aliphatic rings. The van der Waals surface area contributed by atoms with Gasteiger partial charge in [-0.15, -0.1) is 0 Å². The Bertz CT molecular complexity index is 833. The normalized spacial score (nSPS) is 10.8. The van der Waals surface area contributed by atoms with E-state index in [4.69, 9.17) is 9.47 Å². The van der Waals surface area contributed by atoms with E-state index in [1.54, 1.807) is 37.4 Å². The fourth-order valence-corrected chi connectivity index (χ4v) is 2.24. The van der Waals surface area contributed by atoms with Crippen molar-refractivity contribution >= 4 is 17.7 Å². The summed E-state index contributed by atoms with van der Waals surface area (Å²) < 4.78 is 10.9. The van der Waals surface area contributed by atoms with Gasteiger partial charge in [-0.2, -0.15) is 5.26 Å². The molecule has 1 amide bonds. The predicted octanol–water partition coefficient (Wildman–Crippen LogP) is 4.34. The molecule has 134 valence electrons. The van der Waals surface area contributed by atoms with Crippen LogP contribution in [-0.2, 0) is 4.79 Å². The highest BCUT2D eigenvalue weighted by Gasteiger charge is 2.12. The summed E-state index contributed by atoms with van der Waals surface area (Å²) in [5.41, 5.74) is 2.38. The second-order valence-corrected chi connectivity index (χ2v) is 5.74. The summed E-state index contributed by atoms with van der Waals surface area (Å²) in [6.45, 7) is 4.50. The van der Waals surface area contributed by atoms with Crippen LogP contribution in [0.5, 0.6) is 11.5 Å². The Morgan fingerprint density at radius 2 is 1.96 bits per heavy atom. The van der Waals surface area contributed by atoms with Crippen molar-refractivity contribution < 1.29 is 14.3 Å². The molecule has 2 aromatic rings. The smallest absolute Gasteiger partial charge is 0.266 e. The van der Waals surface area contributed by atoms with Crippen LogP contribution in [0.15, 0.2) is 48.0 Å². The number of hydrogen-bond acceptors (Lipinski definition) is 4. The number of benzene rings is 2. The number of methoxy groups -OCH3 is 1. The van der Waals surface area contributed by atoms with E-state index in [1.165, 1.54) is 6.08 Å². The van der Waals surface area contributed by atoms with Gasteiger partial charge in [0, 0.05) is 17.3 Å². The zero-order valence-corrected chi connectivity index (χ0v) is 15.2. The molecular formula is C21H22N2O3. The molecule has 5 heteroatoms. The largest absolute Gasteiger partial charge is 0.497 e. The number of carbonyl (C=O) groups excluding carboxylic acids is 1. The Labute approximate surface area is 153 Å². The lowest BCUT2D eigenvalue weighted by Gasteiger charge is -2.11. The van der Waals surface area contributed by atoms with Crippen molar-refractivity contribution in [3.63, 3.8) is 0 Å². The van der Waals surface area contributed by atoms with Gasteiger partial charge in [0.25, 0.3) is 5.91 Å². The van der Waals surface area contributed by atoms with Gasteiger partial charge < -0.3 is 14.8 Å². The fraction of sp³-hybridized carbons (Fsp3) is 0.238. The molecular weight excluding hydrogens is 328 g/mol. The summed E-state index contributed by atoms with van der Waals surface area (Å²) in [7, 11) is 1.57. The SMILES string of the molecule is CCCOc1cc(OC)ccc1/C=C(\C#N)C(=O)Nc1ccc(C)cc1. The number of rotatable bonds is 7. The molecule has 0 unspecified atom stereocenters. The summed E-state index contributed by atoms with van der Waals surface area (Å²) in [4.78, 5) is 12.4. The van der Waals surface area contributed by atoms with Crippen LogP contribution in [0.1, 0.15) is 24.5 Å². The zero-order chi connectivity index (χ0) is 18.9. The molecule has 2 rings (SSSR count). The summed E-state index contributed by atoms with van der Waals surface area (Å²) in [6, 6.07) is 14.6.